The van der Waals surface area contributed by atoms with Crippen LogP contribution in [0.5, 0.6) is 0 Å². The third-order valence-corrected chi connectivity index (χ3v) is 5.58. The van der Waals surface area contributed by atoms with E-state index in [0.717, 1.165) is 37.1 Å². The van der Waals surface area contributed by atoms with Crippen LogP contribution in [0.15, 0.2) is 53.4 Å². The number of anilines is 1. The highest BCUT2D eigenvalue weighted by molar-refractivity contribution is 7.92. The molecule has 2 aromatic rings. The minimum atomic E-state index is -4.04. The van der Waals surface area contributed by atoms with Gasteiger partial charge in [-0.15, -0.1) is 0 Å². The monoisotopic (exact) mass is 422 g/mol. The number of halogens is 1. The van der Waals surface area contributed by atoms with Crippen LogP contribution in [-0.2, 0) is 19.6 Å². The molecule has 7 nitrogen and oxygen atoms in total. The van der Waals surface area contributed by atoms with Crippen molar-refractivity contribution in [2.45, 2.75) is 37.6 Å². The van der Waals surface area contributed by atoms with Crippen molar-refractivity contribution in [3.05, 3.63) is 59.9 Å². The molecule has 0 aliphatic heterocycles. The summed E-state index contributed by atoms with van der Waals surface area (Å²) in [6, 6.07) is 10.1. The lowest BCUT2D eigenvalue weighted by molar-refractivity contribution is -0.125. The van der Waals surface area contributed by atoms with Gasteiger partial charge in [-0.1, -0.05) is 26.0 Å². The van der Waals surface area contributed by atoms with Gasteiger partial charge in [0.25, 0.3) is 15.9 Å². The number of hydrogen-bond donors (Lipinski definition) is 2. The van der Waals surface area contributed by atoms with E-state index in [9.17, 15) is 22.4 Å². The zero-order valence-corrected chi connectivity index (χ0v) is 17.0. The van der Waals surface area contributed by atoms with Crippen molar-refractivity contribution in [1.29, 1.82) is 0 Å². The molecular formula is C20H23FN2O5S. The largest absolute Gasteiger partial charge is 0.452 e. The van der Waals surface area contributed by atoms with Crippen LogP contribution in [0.3, 0.4) is 0 Å². The lowest BCUT2D eigenvalue weighted by Crippen LogP contribution is -2.36. The third kappa shape index (κ3) is 6.28. The highest BCUT2D eigenvalue weighted by atomic mass is 32.2. The zero-order chi connectivity index (χ0) is 21.4. The van der Waals surface area contributed by atoms with Crippen LogP contribution in [0.4, 0.5) is 10.1 Å². The quantitative estimate of drug-likeness (QED) is 0.605. The molecule has 0 atom stereocenters. The average molecular weight is 422 g/mol. The highest BCUT2D eigenvalue weighted by Gasteiger charge is 2.20. The summed E-state index contributed by atoms with van der Waals surface area (Å²) in [7, 11) is -4.04. The molecule has 0 saturated heterocycles. The number of para-hydroxylation sites is 1. The number of amides is 1. The number of esters is 1. The molecule has 1 amide bonds. The Morgan fingerprint density at radius 3 is 2.28 bits per heavy atom. The molecule has 0 radical (unpaired) electrons. The topological polar surface area (TPSA) is 102 Å². The lowest BCUT2D eigenvalue weighted by atomic mass is 10.2. The first-order valence-corrected chi connectivity index (χ1v) is 10.6. The van der Waals surface area contributed by atoms with Crippen molar-refractivity contribution in [2.24, 2.45) is 0 Å². The van der Waals surface area contributed by atoms with Crippen molar-refractivity contribution >= 4 is 27.6 Å². The van der Waals surface area contributed by atoms with E-state index in [4.69, 9.17) is 4.74 Å². The second kappa shape index (κ2) is 10.0. The summed E-state index contributed by atoms with van der Waals surface area (Å²) in [6.45, 7) is 3.39. The second-order valence-electron chi connectivity index (χ2n) is 6.26. The van der Waals surface area contributed by atoms with Gasteiger partial charge in [0.1, 0.15) is 5.82 Å². The normalized spacial score (nSPS) is 11.2. The summed E-state index contributed by atoms with van der Waals surface area (Å²) >= 11 is 0. The summed E-state index contributed by atoms with van der Waals surface area (Å²) in [5.41, 5.74) is -0.0595. The van der Waals surface area contributed by atoms with E-state index in [1.54, 1.807) is 6.07 Å². The molecule has 0 fully saturated rings. The Morgan fingerprint density at radius 2 is 1.66 bits per heavy atom. The Hall–Kier alpha value is -2.94. The molecule has 2 rings (SSSR count). The van der Waals surface area contributed by atoms with Crippen LogP contribution < -0.4 is 10.0 Å². The maximum absolute atomic E-state index is 13.0. The van der Waals surface area contributed by atoms with Crippen LogP contribution in [0, 0.1) is 5.82 Å². The van der Waals surface area contributed by atoms with Crippen LogP contribution in [0.1, 0.15) is 37.0 Å². The molecular weight excluding hydrogens is 399 g/mol. The van der Waals surface area contributed by atoms with E-state index >= 15 is 0 Å². The first-order chi connectivity index (χ1) is 13.8. The molecule has 0 bridgehead atoms. The van der Waals surface area contributed by atoms with Gasteiger partial charge in [0.05, 0.1) is 16.1 Å². The number of ether oxygens (including phenoxy) is 1. The number of sulfonamides is 1. The van der Waals surface area contributed by atoms with E-state index in [2.05, 4.69) is 10.0 Å². The van der Waals surface area contributed by atoms with Crippen LogP contribution in [-0.4, -0.2) is 32.9 Å². The molecule has 0 aliphatic carbocycles. The van der Waals surface area contributed by atoms with Crippen LogP contribution in [0.25, 0.3) is 0 Å². The standard InChI is InChI=1S/C20H23FN2O5S/c1-3-15(4-2)22-19(24)13-28-20(25)17-7-5-6-8-18(17)23-29(26,27)16-11-9-14(21)10-12-16/h5-12,15,23H,3-4,13H2,1-2H3,(H,22,24). The van der Waals surface area contributed by atoms with Crippen molar-refractivity contribution in [2.75, 3.05) is 11.3 Å². The zero-order valence-electron chi connectivity index (χ0n) is 16.1. The maximum Gasteiger partial charge on any atom is 0.340 e. The van der Waals surface area contributed by atoms with E-state index < -0.39 is 34.3 Å². The Morgan fingerprint density at radius 1 is 1.03 bits per heavy atom. The fraction of sp³-hybridized carbons (Fsp3) is 0.300. The van der Waals surface area contributed by atoms with Gasteiger partial charge in [-0.25, -0.2) is 17.6 Å². The fourth-order valence-electron chi connectivity index (χ4n) is 2.54. The van der Waals surface area contributed by atoms with E-state index in [-0.39, 0.29) is 22.2 Å². The van der Waals surface area contributed by atoms with Gasteiger partial charge in [-0.3, -0.25) is 9.52 Å². The molecule has 2 aromatic carbocycles. The van der Waals surface area contributed by atoms with Gasteiger partial charge in [0.2, 0.25) is 0 Å². The molecule has 29 heavy (non-hydrogen) atoms. The lowest BCUT2D eigenvalue weighted by Gasteiger charge is -2.15. The van der Waals surface area contributed by atoms with Crippen LogP contribution >= 0.6 is 0 Å². The molecule has 0 aliphatic rings. The van der Waals surface area contributed by atoms with Gasteiger partial charge < -0.3 is 10.1 Å². The van der Waals surface area contributed by atoms with Gasteiger partial charge in [-0.2, -0.15) is 0 Å². The molecule has 0 aromatic heterocycles. The number of benzene rings is 2. The Bertz CT molecular complexity index is 957. The highest BCUT2D eigenvalue weighted by Crippen LogP contribution is 2.21. The fourth-order valence-corrected chi connectivity index (χ4v) is 3.62. The SMILES string of the molecule is CCC(CC)NC(=O)COC(=O)c1ccccc1NS(=O)(=O)c1ccc(F)cc1. The minimum Gasteiger partial charge on any atom is -0.452 e. The molecule has 0 unspecified atom stereocenters. The van der Waals surface area contributed by atoms with Gasteiger partial charge >= 0.3 is 5.97 Å². The number of rotatable bonds is 9. The number of hydrogen-bond acceptors (Lipinski definition) is 5. The van der Waals surface area contributed by atoms with Gasteiger partial charge in [-0.05, 0) is 49.2 Å². The summed E-state index contributed by atoms with van der Waals surface area (Å²) in [6.07, 6.45) is 1.51. The Kier molecular flexibility index (Phi) is 7.72. The van der Waals surface area contributed by atoms with Gasteiger partial charge in [0, 0.05) is 6.04 Å². The Balaban J connectivity index is 2.10. The van der Waals surface area contributed by atoms with E-state index in [1.165, 1.54) is 18.2 Å². The third-order valence-electron chi connectivity index (χ3n) is 4.20. The molecule has 156 valence electrons. The van der Waals surface area contributed by atoms with Crippen molar-refractivity contribution in [3.8, 4) is 0 Å². The van der Waals surface area contributed by atoms with E-state index in [1.807, 2.05) is 13.8 Å². The average Bonchev–Trinajstić information content (AvgIpc) is 2.70. The molecule has 0 spiro atoms. The number of carbonyl (C=O) groups is 2. The molecule has 2 N–H and O–H groups in total. The minimum absolute atomic E-state index is 0.00370. The van der Waals surface area contributed by atoms with Crippen LogP contribution in [0.2, 0.25) is 0 Å². The predicted molar refractivity (Wildman–Crippen MR) is 106 cm³/mol. The maximum atomic E-state index is 13.0. The molecule has 0 saturated carbocycles. The molecule has 9 heteroatoms. The van der Waals surface area contributed by atoms with Crippen molar-refractivity contribution in [1.82, 2.24) is 5.32 Å². The second-order valence-corrected chi connectivity index (χ2v) is 7.94. The first-order valence-electron chi connectivity index (χ1n) is 9.10. The smallest absolute Gasteiger partial charge is 0.340 e. The number of carbonyl (C=O) groups excluding carboxylic acids is 2. The first kappa shape index (κ1) is 22.4. The summed E-state index contributed by atoms with van der Waals surface area (Å²) < 4.78 is 45.3. The van der Waals surface area contributed by atoms with Gasteiger partial charge in [0.15, 0.2) is 6.61 Å². The van der Waals surface area contributed by atoms with Crippen molar-refractivity contribution in [3.63, 3.8) is 0 Å². The number of nitrogens with one attached hydrogen (secondary N) is 2. The predicted octanol–water partition coefficient (Wildman–Crippen LogP) is 3.09. The summed E-state index contributed by atoms with van der Waals surface area (Å²) in [4.78, 5) is 24.1. The molecule has 0 heterocycles. The summed E-state index contributed by atoms with van der Waals surface area (Å²) in [5.74, 6) is -1.85. The summed E-state index contributed by atoms with van der Waals surface area (Å²) in [5, 5.41) is 2.74. The van der Waals surface area contributed by atoms with E-state index in [0.29, 0.717) is 0 Å². The van der Waals surface area contributed by atoms with Crippen molar-refractivity contribution < 1.29 is 27.1 Å². The Labute approximate surface area is 169 Å².